The van der Waals surface area contributed by atoms with Crippen molar-refractivity contribution in [3.8, 4) is 11.8 Å². The molecular weight excluding hydrogens is 575 g/mol. The van der Waals surface area contributed by atoms with Crippen molar-refractivity contribution < 1.29 is 26.7 Å². The summed E-state index contributed by atoms with van der Waals surface area (Å²) in [6.45, 7) is 5.13. The van der Waals surface area contributed by atoms with Gasteiger partial charge in [0, 0.05) is 45.6 Å². The van der Waals surface area contributed by atoms with Crippen molar-refractivity contribution in [3.63, 3.8) is 0 Å². The topological polar surface area (TPSA) is 111 Å². The lowest BCUT2D eigenvalue weighted by molar-refractivity contribution is -0.138. The number of hydrogen-bond acceptors (Lipinski definition) is 8. The molecule has 1 atom stereocenters. The highest BCUT2D eigenvalue weighted by atomic mass is 19.4. The summed E-state index contributed by atoms with van der Waals surface area (Å²) >= 11 is 0. The first-order chi connectivity index (χ1) is 20.3. The molecule has 2 fully saturated rings. The molecule has 2 aliphatic rings. The number of benzene rings is 1. The Hall–Kier alpha value is -4.61. The third-order valence-electron chi connectivity index (χ3n) is 7.72. The average Bonchev–Trinajstić information content (AvgIpc) is 2.96. The molecule has 0 N–H and O–H groups in total. The number of nitriles is 1. The van der Waals surface area contributed by atoms with Crippen LogP contribution in [0.5, 0.6) is 0 Å². The molecule has 0 spiro atoms. The number of carbonyl (C=O) groups is 1. The third-order valence-corrected chi connectivity index (χ3v) is 7.72. The minimum atomic E-state index is -4.78. The van der Waals surface area contributed by atoms with E-state index in [0.29, 0.717) is 4.68 Å². The van der Waals surface area contributed by atoms with E-state index in [2.05, 4.69) is 27.7 Å². The highest BCUT2D eigenvalue weighted by Crippen LogP contribution is 2.36. The summed E-state index contributed by atoms with van der Waals surface area (Å²) in [5.41, 5.74) is -2.81. The molecule has 10 nitrogen and oxygen atoms in total. The van der Waals surface area contributed by atoms with E-state index in [4.69, 9.17) is 0 Å². The number of halogens is 5. The second-order valence-corrected chi connectivity index (χ2v) is 10.5. The van der Waals surface area contributed by atoms with Gasteiger partial charge in [-0.3, -0.25) is 9.59 Å². The smallest absolute Gasteiger partial charge is 0.352 e. The van der Waals surface area contributed by atoms with Gasteiger partial charge in [-0.2, -0.15) is 33.2 Å². The van der Waals surface area contributed by atoms with E-state index in [-0.39, 0.29) is 73.3 Å². The number of nitrogens with zero attached hydrogens (tertiary/aromatic N) is 8. The monoisotopic (exact) mass is 602 g/mol. The fourth-order valence-electron chi connectivity index (χ4n) is 5.52. The van der Waals surface area contributed by atoms with Crippen molar-refractivity contribution in [2.45, 2.75) is 44.3 Å². The van der Waals surface area contributed by atoms with Crippen LogP contribution in [-0.4, -0.2) is 75.2 Å². The van der Waals surface area contributed by atoms with E-state index in [0.717, 1.165) is 12.1 Å². The maximum Gasteiger partial charge on any atom is 0.418 e. The Morgan fingerprint density at radius 1 is 1.16 bits per heavy atom. The zero-order valence-corrected chi connectivity index (χ0v) is 23.1. The van der Waals surface area contributed by atoms with E-state index in [1.165, 1.54) is 35.1 Å². The van der Waals surface area contributed by atoms with Gasteiger partial charge in [0.15, 0.2) is 0 Å². The minimum Gasteiger partial charge on any atom is -0.352 e. The Morgan fingerprint density at radius 3 is 2.53 bits per heavy atom. The highest BCUT2D eigenvalue weighted by Gasteiger charge is 2.38. The molecule has 1 unspecified atom stereocenters. The molecule has 43 heavy (non-hydrogen) atoms. The van der Waals surface area contributed by atoms with Gasteiger partial charge in [0.25, 0.3) is 11.5 Å². The molecule has 1 aromatic carbocycles. The number of aromatic nitrogens is 4. The fourth-order valence-corrected chi connectivity index (χ4v) is 5.52. The summed E-state index contributed by atoms with van der Waals surface area (Å²) in [6.07, 6.45) is -3.37. The molecular formula is C28H27F5N8O2. The van der Waals surface area contributed by atoms with Gasteiger partial charge in [0.2, 0.25) is 11.9 Å². The van der Waals surface area contributed by atoms with Crippen molar-refractivity contribution in [1.82, 2.24) is 24.6 Å². The number of piperidine rings is 1. The van der Waals surface area contributed by atoms with Gasteiger partial charge in [-0.15, -0.1) is 0 Å². The predicted molar refractivity (Wildman–Crippen MR) is 147 cm³/mol. The molecule has 1 amide bonds. The van der Waals surface area contributed by atoms with Crippen LogP contribution in [-0.2, 0) is 11.0 Å². The fraction of sp³-hybridized carbons (Fsp3) is 0.429. The summed E-state index contributed by atoms with van der Waals surface area (Å²) < 4.78 is 70.6. The first-order valence-corrected chi connectivity index (χ1v) is 13.5. The maximum absolute atomic E-state index is 14.0. The first-order valence-electron chi connectivity index (χ1n) is 13.5. The summed E-state index contributed by atoms with van der Waals surface area (Å²) in [5, 5.41) is 13.6. The Balaban J connectivity index is 1.67. The number of aryl methyl sites for hydroxylation is 1. The van der Waals surface area contributed by atoms with Gasteiger partial charge in [0.1, 0.15) is 11.3 Å². The third kappa shape index (κ3) is 5.73. The quantitative estimate of drug-likeness (QED) is 0.320. The number of carbonyl (C=O) groups excluding carboxylic acids is 1. The van der Waals surface area contributed by atoms with Crippen LogP contribution in [0, 0.1) is 18.3 Å². The maximum atomic E-state index is 14.0. The molecule has 2 aromatic heterocycles. The van der Waals surface area contributed by atoms with E-state index >= 15 is 0 Å². The molecule has 226 valence electrons. The molecule has 0 saturated carbocycles. The molecule has 4 heterocycles. The Bertz CT molecular complexity index is 1670. The molecule has 0 radical (unpaired) electrons. The van der Waals surface area contributed by atoms with Crippen molar-refractivity contribution in [3.05, 3.63) is 58.5 Å². The van der Waals surface area contributed by atoms with E-state index < -0.39 is 47.8 Å². The highest BCUT2D eigenvalue weighted by molar-refractivity contribution is 5.90. The number of hydrogen-bond donors (Lipinski definition) is 0. The summed E-state index contributed by atoms with van der Waals surface area (Å²) in [5.74, 6) is -3.06. The van der Waals surface area contributed by atoms with Gasteiger partial charge < -0.3 is 14.7 Å². The summed E-state index contributed by atoms with van der Waals surface area (Å²) in [4.78, 5) is 40.0. The normalized spacial score (nSPS) is 18.9. The molecule has 2 aliphatic heterocycles. The Kier molecular flexibility index (Phi) is 7.80. The number of amides is 1. The number of rotatable bonds is 5. The second kappa shape index (κ2) is 11.2. The van der Waals surface area contributed by atoms with Crippen LogP contribution < -0.4 is 15.4 Å². The van der Waals surface area contributed by atoms with Crippen molar-refractivity contribution in [1.29, 1.82) is 5.26 Å². The van der Waals surface area contributed by atoms with Crippen molar-refractivity contribution in [2.75, 3.05) is 42.5 Å². The van der Waals surface area contributed by atoms with Crippen molar-refractivity contribution in [2.24, 2.45) is 0 Å². The average molecular weight is 603 g/mol. The molecule has 0 bridgehead atoms. The lowest BCUT2D eigenvalue weighted by atomic mass is 10.1. The lowest BCUT2D eigenvalue weighted by Gasteiger charge is -2.41. The van der Waals surface area contributed by atoms with Crippen LogP contribution >= 0.6 is 0 Å². The molecule has 2 saturated heterocycles. The van der Waals surface area contributed by atoms with Gasteiger partial charge in [-0.05, 0) is 24.6 Å². The van der Waals surface area contributed by atoms with E-state index in [1.54, 1.807) is 4.90 Å². The van der Waals surface area contributed by atoms with Crippen LogP contribution in [0.3, 0.4) is 0 Å². The summed E-state index contributed by atoms with van der Waals surface area (Å²) in [7, 11) is 0. The molecule has 0 aliphatic carbocycles. The zero-order valence-electron chi connectivity index (χ0n) is 23.1. The Morgan fingerprint density at radius 2 is 1.88 bits per heavy atom. The SMILES string of the molecule is C=CC(=O)N1CCN(c2nc(N3CCC(F)(F)CC3)nc3c(=O)n(-c4cccc(C)c4C(F)(F)F)ncc23)CC1CC#N. The number of piperazine rings is 1. The summed E-state index contributed by atoms with van der Waals surface area (Å²) in [6, 6.07) is 5.29. The van der Waals surface area contributed by atoms with Gasteiger partial charge in [-0.25, -0.2) is 13.8 Å². The van der Waals surface area contributed by atoms with Gasteiger partial charge in [0.05, 0.1) is 41.4 Å². The second-order valence-electron chi connectivity index (χ2n) is 10.5. The van der Waals surface area contributed by atoms with Crippen LogP contribution in [0.15, 0.2) is 41.8 Å². The standard InChI is InChI=1S/C28H27F5N8O2/c1-3-21(42)40-14-13-39(16-18(40)7-10-34)24-19-15-35-41(20-6-4-5-17(2)22(20)28(31,32)33)25(43)23(19)36-26(37-24)38-11-8-27(29,30)9-12-38/h3-6,15,18H,1,7-9,11-14,16H2,2H3. The van der Waals surface area contributed by atoms with E-state index in [1.807, 2.05) is 0 Å². The largest absolute Gasteiger partial charge is 0.418 e. The molecule has 3 aromatic rings. The number of fused-ring (bicyclic) bond motifs is 1. The van der Waals surface area contributed by atoms with E-state index in [9.17, 15) is 36.8 Å². The van der Waals surface area contributed by atoms with Gasteiger partial charge in [-0.1, -0.05) is 18.7 Å². The van der Waals surface area contributed by atoms with Crippen molar-refractivity contribution >= 4 is 28.6 Å². The van der Waals surface area contributed by atoms with Crippen LogP contribution in [0.25, 0.3) is 16.6 Å². The molecule has 15 heteroatoms. The Labute approximate surface area is 242 Å². The number of alkyl halides is 5. The lowest BCUT2D eigenvalue weighted by Crippen LogP contribution is -2.55. The number of anilines is 2. The van der Waals surface area contributed by atoms with Crippen LogP contribution in [0.2, 0.25) is 0 Å². The zero-order chi connectivity index (χ0) is 31.1. The van der Waals surface area contributed by atoms with Crippen LogP contribution in [0.1, 0.15) is 30.4 Å². The molecule has 5 rings (SSSR count). The minimum absolute atomic E-state index is 0.00814. The van der Waals surface area contributed by atoms with Gasteiger partial charge >= 0.3 is 6.18 Å². The predicted octanol–water partition coefficient (Wildman–Crippen LogP) is 3.86. The van der Waals surface area contributed by atoms with Crippen LogP contribution in [0.4, 0.5) is 33.7 Å². The first kappa shape index (κ1) is 29.9.